The van der Waals surface area contributed by atoms with Crippen LogP contribution in [0.15, 0.2) is 47.5 Å². The number of anilines is 2. The van der Waals surface area contributed by atoms with Crippen LogP contribution >= 0.6 is 0 Å². The number of halogens is 1. The van der Waals surface area contributed by atoms with Crippen molar-refractivity contribution in [2.45, 2.75) is 46.6 Å². The number of hydrogen-bond donors (Lipinski definition) is 1. The third kappa shape index (κ3) is 4.56. The fourth-order valence-corrected chi connectivity index (χ4v) is 3.82. The maximum Gasteiger partial charge on any atom is 0.221 e. The molecule has 2 aromatic rings. The van der Waals surface area contributed by atoms with E-state index in [0.717, 1.165) is 29.8 Å². The van der Waals surface area contributed by atoms with Gasteiger partial charge in [-0.05, 0) is 69.2 Å². The van der Waals surface area contributed by atoms with Gasteiger partial charge in [-0.2, -0.15) is 0 Å². The molecule has 0 saturated carbocycles. The molecule has 0 aromatic heterocycles. The fourth-order valence-electron chi connectivity index (χ4n) is 3.82. The highest BCUT2D eigenvalue weighted by atomic mass is 19.1. The average Bonchev–Trinajstić information content (AvgIpc) is 2.64. The van der Waals surface area contributed by atoms with Gasteiger partial charge in [-0.3, -0.25) is 9.79 Å². The molecule has 0 spiro atoms. The summed E-state index contributed by atoms with van der Waals surface area (Å²) in [5, 5.41) is 2.71. The van der Waals surface area contributed by atoms with Gasteiger partial charge < -0.3 is 10.2 Å². The Bertz CT molecular complexity index is 974. The van der Waals surface area contributed by atoms with Crippen LogP contribution in [0, 0.1) is 5.82 Å². The summed E-state index contributed by atoms with van der Waals surface area (Å²) in [6, 6.07) is 10.6. The van der Waals surface area contributed by atoms with Crippen molar-refractivity contribution < 1.29 is 9.18 Å². The summed E-state index contributed by atoms with van der Waals surface area (Å²) in [5.74, 6) is -0.407. The van der Waals surface area contributed by atoms with Crippen molar-refractivity contribution in [2.24, 2.45) is 4.99 Å². The molecule has 29 heavy (non-hydrogen) atoms. The second kappa shape index (κ2) is 8.19. The number of nitrogens with zero attached hydrogens (tertiary/aromatic N) is 2. The van der Waals surface area contributed by atoms with E-state index in [2.05, 4.69) is 49.0 Å². The van der Waals surface area contributed by atoms with Crippen LogP contribution in [0.5, 0.6) is 0 Å². The Hall–Kier alpha value is -2.95. The number of carbonyl (C=O) groups is 1. The van der Waals surface area contributed by atoms with Crippen molar-refractivity contribution in [3.8, 4) is 0 Å². The van der Waals surface area contributed by atoms with Crippen molar-refractivity contribution in [1.29, 1.82) is 0 Å². The molecule has 2 aromatic carbocycles. The number of benzene rings is 2. The summed E-state index contributed by atoms with van der Waals surface area (Å²) in [7, 11) is 0. The Kier molecular flexibility index (Phi) is 5.87. The molecule has 0 atom stereocenters. The van der Waals surface area contributed by atoms with Gasteiger partial charge in [-0.15, -0.1) is 0 Å². The number of amides is 1. The van der Waals surface area contributed by atoms with Crippen LogP contribution in [0.4, 0.5) is 21.5 Å². The van der Waals surface area contributed by atoms with Gasteiger partial charge in [0.05, 0.1) is 11.2 Å². The first-order valence-electron chi connectivity index (χ1n) is 9.94. The van der Waals surface area contributed by atoms with Crippen molar-refractivity contribution in [1.82, 2.24) is 0 Å². The first-order valence-corrected chi connectivity index (χ1v) is 9.94. The van der Waals surface area contributed by atoms with E-state index in [1.54, 1.807) is 36.5 Å². The first-order chi connectivity index (χ1) is 13.7. The van der Waals surface area contributed by atoms with E-state index in [1.807, 2.05) is 6.07 Å². The van der Waals surface area contributed by atoms with Crippen LogP contribution < -0.4 is 10.2 Å². The van der Waals surface area contributed by atoms with Crippen molar-refractivity contribution in [2.75, 3.05) is 16.8 Å². The third-order valence-corrected chi connectivity index (χ3v) is 5.08. The highest BCUT2D eigenvalue weighted by molar-refractivity contribution is 5.90. The van der Waals surface area contributed by atoms with E-state index >= 15 is 0 Å². The van der Waals surface area contributed by atoms with Crippen LogP contribution in [0.25, 0.3) is 5.57 Å². The van der Waals surface area contributed by atoms with E-state index in [-0.39, 0.29) is 17.3 Å². The van der Waals surface area contributed by atoms with Crippen LogP contribution in [-0.4, -0.2) is 24.2 Å². The summed E-state index contributed by atoms with van der Waals surface area (Å²) < 4.78 is 14.9. The highest BCUT2D eigenvalue weighted by Crippen LogP contribution is 2.40. The quantitative estimate of drug-likeness (QED) is 0.638. The molecule has 1 aliphatic rings. The number of aliphatic imine (C=N–C) groups is 1. The van der Waals surface area contributed by atoms with Crippen LogP contribution in [-0.2, 0) is 4.79 Å². The van der Waals surface area contributed by atoms with Crippen LogP contribution in [0.3, 0.4) is 0 Å². The van der Waals surface area contributed by atoms with Gasteiger partial charge in [-0.1, -0.05) is 13.0 Å². The van der Waals surface area contributed by atoms with Crippen LogP contribution in [0.1, 0.15) is 52.2 Å². The molecule has 4 nitrogen and oxygen atoms in total. The lowest BCUT2D eigenvalue weighted by Crippen LogP contribution is -2.45. The van der Waals surface area contributed by atoms with E-state index in [9.17, 15) is 9.18 Å². The lowest BCUT2D eigenvalue weighted by molar-refractivity contribution is -0.114. The van der Waals surface area contributed by atoms with Crippen molar-refractivity contribution >= 4 is 34.8 Å². The molecular weight excluding hydrogens is 365 g/mol. The number of carbonyl (C=O) groups excluding carboxylic acids is 1. The third-order valence-electron chi connectivity index (χ3n) is 5.08. The Labute approximate surface area is 172 Å². The summed E-state index contributed by atoms with van der Waals surface area (Å²) in [6.45, 7) is 10.9. The second-order valence-corrected chi connectivity index (χ2v) is 8.01. The average molecular weight is 394 g/mol. The number of allylic oxidation sites excluding steroid dienone is 1. The van der Waals surface area contributed by atoms with Gasteiger partial charge >= 0.3 is 0 Å². The molecule has 0 radical (unpaired) electrons. The molecule has 1 amide bonds. The Balaban J connectivity index is 1.91. The molecule has 1 N–H and O–H groups in total. The van der Waals surface area contributed by atoms with Gasteiger partial charge in [0.1, 0.15) is 5.82 Å². The topological polar surface area (TPSA) is 44.7 Å². The number of fused-ring (bicyclic) bond motifs is 1. The second-order valence-electron chi connectivity index (χ2n) is 8.01. The predicted octanol–water partition coefficient (Wildman–Crippen LogP) is 5.95. The number of hydrogen-bond acceptors (Lipinski definition) is 3. The molecule has 0 aliphatic carbocycles. The Morgan fingerprint density at radius 2 is 1.93 bits per heavy atom. The monoisotopic (exact) mass is 393 g/mol. The summed E-state index contributed by atoms with van der Waals surface area (Å²) in [4.78, 5) is 17.8. The molecule has 5 heteroatoms. The fraction of sp³-hybridized carbons (Fsp3) is 0.333. The lowest BCUT2D eigenvalue weighted by atomic mass is 9.87. The molecular formula is C24H28FN3O. The number of nitrogens with one attached hydrogen (secondary N) is 1. The van der Waals surface area contributed by atoms with Gasteiger partial charge in [0.25, 0.3) is 0 Å². The molecule has 152 valence electrons. The molecule has 1 aliphatic heterocycles. The molecule has 0 saturated heterocycles. The zero-order chi connectivity index (χ0) is 21.2. The molecule has 0 fully saturated rings. The van der Waals surface area contributed by atoms with Gasteiger partial charge in [0.15, 0.2) is 0 Å². The minimum atomic E-state index is -0.283. The molecule has 0 unspecified atom stereocenters. The lowest BCUT2D eigenvalue weighted by Gasteiger charge is -2.43. The zero-order valence-corrected chi connectivity index (χ0v) is 17.7. The van der Waals surface area contributed by atoms with E-state index in [1.165, 1.54) is 6.92 Å². The Morgan fingerprint density at radius 1 is 1.24 bits per heavy atom. The van der Waals surface area contributed by atoms with E-state index in [0.29, 0.717) is 16.9 Å². The minimum Gasteiger partial charge on any atom is -0.362 e. The summed E-state index contributed by atoms with van der Waals surface area (Å²) in [6.07, 6.45) is 4.79. The maximum absolute atomic E-state index is 14.9. The standard InChI is InChI=1S/C24H28FN3O/c1-6-11-28-23-13-22(25)18(12-21(23)16(2)14-24(28,4)5)15-26-19-7-9-20(10-8-19)27-17(3)29/h7-10,12-15H,6,11H2,1-5H3,(H,27,29). The van der Waals surface area contributed by atoms with E-state index < -0.39 is 0 Å². The van der Waals surface area contributed by atoms with Gasteiger partial charge in [0, 0.05) is 42.2 Å². The SMILES string of the molecule is CCCN1c2cc(F)c(C=Nc3ccc(NC(C)=O)cc3)cc2C(C)=CC1(C)C. The molecule has 0 bridgehead atoms. The molecule has 3 rings (SSSR count). The maximum atomic E-state index is 14.9. The summed E-state index contributed by atoms with van der Waals surface area (Å²) >= 11 is 0. The number of rotatable bonds is 5. The molecule has 1 heterocycles. The van der Waals surface area contributed by atoms with Crippen molar-refractivity contribution in [3.05, 3.63) is 59.4 Å². The minimum absolute atomic E-state index is 0.124. The van der Waals surface area contributed by atoms with E-state index in [4.69, 9.17) is 0 Å². The van der Waals surface area contributed by atoms with Crippen molar-refractivity contribution in [3.63, 3.8) is 0 Å². The van der Waals surface area contributed by atoms with Gasteiger partial charge in [0.2, 0.25) is 5.91 Å². The Morgan fingerprint density at radius 3 is 2.55 bits per heavy atom. The highest BCUT2D eigenvalue weighted by Gasteiger charge is 2.31. The van der Waals surface area contributed by atoms with Gasteiger partial charge in [-0.25, -0.2) is 4.39 Å². The van der Waals surface area contributed by atoms with Crippen LogP contribution in [0.2, 0.25) is 0 Å². The first kappa shape index (κ1) is 20.8. The zero-order valence-electron chi connectivity index (χ0n) is 17.7. The summed E-state index contributed by atoms with van der Waals surface area (Å²) in [5.41, 5.74) is 4.83. The normalized spacial score (nSPS) is 15.2. The smallest absolute Gasteiger partial charge is 0.221 e. The predicted molar refractivity (Wildman–Crippen MR) is 120 cm³/mol. The largest absolute Gasteiger partial charge is 0.362 e.